The van der Waals surface area contributed by atoms with Crippen molar-refractivity contribution in [3.05, 3.63) is 126 Å². The molecule has 3 heteroatoms. The first-order chi connectivity index (χ1) is 16.7. The molecular formula is C31H24O3. The van der Waals surface area contributed by atoms with E-state index in [-0.39, 0.29) is 5.97 Å². The second-order valence-electron chi connectivity index (χ2n) is 8.12. The number of esters is 1. The molecule has 1 atom stereocenters. The zero-order valence-corrected chi connectivity index (χ0v) is 18.8. The number of hydrogen-bond donors (Lipinski definition) is 0. The maximum atomic E-state index is 12.3. The lowest BCUT2D eigenvalue weighted by Gasteiger charge is -2.10. The smallest absolute Gasteiger partial charge is 0.317 e. The summed E-state index contributed by atoms with van der Waals surface area (Å²) in [5.41, 5.74) is 6.13. The van der Waals surface area contributed by atoms with E-state index >= 15 is 0 Å². The molecule has 0 N–H and O–H groups in total. The lowest BCUT2D eigenvalue weighted by molar-refractivity contribution is -0.141. The van der Waals surface area contributed by atoms with Crippen LogP contribution in [-0.4, -0.2) is 13.1 Å². The van der Waals surface area contributed by atoms with Gasteiger partial charge in [0.2, 0.25) is 0 Å². The van der Waals surface area contributed by atoms with E-state index in [4.69, 9.17) is 9.15 Å². The van der Waals surface area contributed by atoms with Crippen molar-refractivity contribution in [1.82, 2.24) is 0 Å². The van der Waals surface area contributed by atoms with Gasteiger partial charge in [-0.15, -0.1) is 0 Å². The summed E-state index contributed by atoms with van der Waals surface area (Å²) in [6, 6.07) is 36.4. The Balaban J connectivity index is 1.33. The first-order valence-corrected chi connectivity index (χ1v) is 11.2. The van der Waals surface area contributed by atoms with Crippen LogP contribution in [0.2, 0.25) is 0 Å². The predicted molar refractivity (Wildman–Crippen MR) is 137 cm³/mol. The molecule has 0 radical (unpaired) electrons. The quantitative estimate of drug-likeness (QED) is 0.252. The van der Waals surface area contributed by atoms with Crippen LogP contribution in [-0.2, 0) is 9.53 Å². The fourth-order valence-corrected chi connectivity index (χ4v) is 4.06. The molecule has 1 unspecified atom stereocenters. The summed E-state index contributed by atoms with van der Waals surface area (Å²) in [6.45, 7) is 0. The number of carbonyl (C=O) groups is 1. The number of fused-ring (bicyclic) bond motifs is 1. The maximum Gasteiger partial charge on any atom is 0.317 e. The lowest BCUT2D eigenvalue weighted by Crippen LogP contribution is -2.11. The molecule has 3 nitrogen and oxygen atoms in total. The standard InChI is InChI=1S/C31H24O3/c1-33-31(32)28(25-7-3-2-4-8-25)20-13-22-11-14-23(15-12-22)24-16-18-26(19-17-24)30-21-27-9-5-6-10-29(27)34-30/h2-21,28H,1H3. The molecule has 5 rings (SSSR count). The van der Waals surface area contributed by atoms with Crippen molar-refractivity contribution < 1.29 is 13.9 Å². The molecule has 0 saturated heterocycles. The van der Waals surface area contributed by atoms with Crippen molar-refractivity contribution in [3.63, 3.8) is 0 Å². The van der Waals surface area contributed by atoms with E-state index in [1.54, 1.807) is 0 Å². The average molecular weight is 445 g/mol. The second-order valence-corrected chi connectivity index (χ2v) is 8.12. The van der Waals surface area contributed by atoms with Crippen molar-refractivity contribution in [3.8, 4) is 22.5 Å². The van der Waals surface area contributed by atoms with Crippen LogP contribution >= 0.6 is 0 Å². The van der Waals surface area contributed by atoms with Gasteiger partial charge in [-0.05, 0) is 34.4 Å². The molecule has 0 aliphatic carbocycles. The van der Waals surface area contributed by atoms with Crippen LogP contribution in [0.15, 0.2) is 120 Å². The van der Waals surface area contributed by atoms with Gasteiger partial charge in [0, 0.05) is 10.9 Å². The van der Waals surface area contributed by atoms with E-state index < -0.39 is 5.92 Å². The number of ether oxygens (including phenoxy) is 1. The topological polar surface area (TPSA) is 39.4 Å². The van der Waals surface area contributed by atoms with Crippen LogP contribution < -0.4 is 0 Å². The summed E-state index contributed by atoms with van der Waals surface area (Å²) in [7, 11) is 1.42. The minimum absolute atomic E-state index is 0.274. The zero-order valence-electron chi connectivity index (χ0n) is 18.8. The fourth-order valence-electron chi connectivity index (χ4n) is 4.06. The van der Waals surface area contributed by atoms with Gasteiger partial charge in [-0.2, -0.15) is 0 Å². The predicted octanol–water partition coefficient (Wildman–Crippen LogP) is 7.74. The van der Waals surface area contributed by atoms with Gasteiger partial charge in [0.25, 0.3) is 0 Å². The molecule has 0 saturated carbocycles. The Labute approximate surface area is 198 Å². The SMILES string of the molecule is COC(=O)C(C=Cc1ccc(-c2ccc(-c3cc4ccccc4o3)cc2)cc1)c1ccccc1. The van der Waals surface area contributed by atoms with Crippen molar-refractivity contribution in [2.24, 2.45) is 0 Å². The zero-order chi connectivity index (χ0) is 23.3. The van der Waals surface area contributed by atoms with E-state index in [0.29, 0.717) is 0 Å². The Morgan fingerprint density at radius 2 is 1.38 bits per heavy atom. The van der Waals surface area contributed by atoms with Crippen LogP contribution in [0, 0.1) is 0 Å². The van der Waals surface area contributed by atoms with Crippen molar-refractivity contribution >= 4 is 23.0 Å². The number of furan rings is 1. The molecular weight excluding hydrogens is 420 g/mol. The van der Waals surface area contributed by atoms with E-state index in [9.17, 15) is 4.79 Å². The molecule has 34 heavy (non-hydrogen) atoms. The normalized spacial score (nSPS) is 12.1. The molecule has 1 aromatic heterocycles. The number of carbonyl (C=O) groups excluding carboxylic acids is 1. The molecule has 0 spiro atoms. The van der Waals surface area contributed by atoms with Crippen LogP contribution in [0.4, 0.5) is 0 Å². The largest absolute Gasteiger partial charge is 0.468 e. The van der Waals surface area contributed by atoms with E-state index in [2.05, 4.69) is 60.7 Å². The van der Waals surface area contributed by atoms with Crippen LogP contribution in [0.25, 0.3) is 39.5 Å². The Morgan fingerprint density at radius 1 is 0.765 bits per heavy atom. The highest BCUT2D eigenvalue weighted by atomic mass is 16.5. The summed E-state index contributed by atoms with van der Waals surface area (Å²) in [5.74, 6) is 0.159. The van der Waals surface area contributed by atoms with Gasteiger partial charge < -0.3 is 9.15 Å². The van der Waals surface area contributed by atoms with E-state index in [1.807, 2.05) is 60.7 Å². The molecule has 0 bridgehead atoms. The van der Waals surface area contributed by atoms with E-state index in [1.165, 1.54) is 7.11 Å². The van der Waals surface area contributed by atoms with Crippen molar-refractivity contribution in [1.29, 1.82) is 0 Å². The summed E-state index contributed by atoms with van der Waals surface area (Å²) < 4.78 is 11.0. The Bertz CT molecular complexity index is 1390. The van der Waals surface area contributed by atoms with Gasteiger partial charge in [0.1, 0.15) is 17.3 Å². The second kappa shape index (κ2) is 9.63. The molecule has 0 amide bonds. The Hall–Kier alpha value is -4.37. The van der Waals surface area contributed by atoms with Gasteiger partial charge in [-0.25, -0.2) is 0 Å². The number of hydrogen-bond acceptors (Lipinski definition) is 3. The number of methoxy groups -OCH3 is 1. The van der Waals surface area contributed by atoms with E-state index in [0.717, 1.165) is 44.5 Å². The number of rotatable bonds is 6. The molecule has 0 aliphatic rings. The van der Waals surface area contributed by atoms with Crippen LogP contribution in [0.1, 0.15) is 17.0 Å². The highest BCUT2D eigenvalue weighted by molar-refractivity contribution is 5.83. The average Bonchev–Trinajstić information content (AvgIpc) is 3.34. The highest BCUT2D eigenvalue weighted by Gasteiger charge is 2.17. The third-order valence-corrected chi connectivity index (χ3v) is 5.93. The van der Waals surface area contributed by atoms with Gasteiger partial charge >= 0.3 is 5.97 Å². The van der Waals surface area contributed by atoms with Gasteiger partial charge in [0.05, 0.1) is 7.11 Å². The highest BCUT2D eigenvalue weighted by Crippen LogP contribution is 2.30. The first-order valence-electron chi connectivity index (χ1n) is 11.2. The fraction of sp³-hybridized carbons (Fsp3) is 0.0645. The first kappa shape index (κ1) is 21.5. The third-order valence-electron chi connectivity index (χ3n) is 5.93. The summed E-state index contributed by atoms with van der Waals surface area (Å²) in [6.07, 6.45) is 3.85. The van der Waals surface area contributed by atoms with Gasteiger partial charge in [0.15, 0.2) is 0 Å². The van der Waals surface area contributed by atoms with Crippen LogP contribution in [0.5, 0.6) is 0 Å². The summed E-state index contributed by atoms with van der Waals surface area (Å²) in [4.78, 5) is 12.3. The number of para-hydroxylation sites is 1. The lowest BCUT2D eigenvalue weighted by atomic mass is 9.97. The molecule has 0 aliphatic heterocycles. The minimum atomic E-state index is -0.434. The maximum absolute atomic E-state index is 12.3. The van der Waals surface area contributed by atoms with Gasteiger partial charge in [-0.3, -0.25) is 4.79 Å². The number of benzene rings is 4. The van der Waals surface area contributed by atoms with Crippen LogP contribution in [0.3, 0.4) is 0 Å². The third kappa shape index (κ3) is 4.55. The summed E-state index contributed by atoms with van der Waals surface area (Å²) in [5, 5.41) is 1.10. The molecule has 5 aromatic rings. The Kier molecular flexibility index (Phi) is 6.09. The summed E-state index contributed by atoms with van der Waals surface area (Å²) >= 11 is 0. The van der Waals surface area contributed by atoms with Gasteiger partial charge in [-0.1, -0.05) is 109 Å². The monoisotopic (exact) mass is 444 g/mol. The van der Waals surface area contributed by atoms with Crippen molar-refractivity contribution in [2.45, 2.75) is 5.92 Å². The Morgan fingerprint density at radius 3 is 2.06 bits per heavy atom. The molecule has 166 valence electrons. The molecule has 1 heterocycles. The molecule has 4 aromatic carbocycles. The minimum Gasteiger partial charge on any atom is -0.468 e. The van der Waals surface area contributed by atoms with Crippen molar-refractivity contribution in [2.75, 3.05) is 7.11 Å². The molecule has 0 fully saturated rings.